The number of hydrogen-bond donors (Lipinski definition) is 2. The SMILES string of the molecule is COc1ccccc1NC(=O)N1CCC(CNC(=O)CN2C(=O)CCC2=O)CC1. The number of hydrogen-bond acceptors (Lipinski definition) is 5. The lowest BCUT2D eigenvalue weighted by molar-refractivity contribution is -0.142. The molecule has 9 heteroatoms. The van der Waals surface area contributed by atoms with Crippen molar-refractivity contribution < 1.29 is 23.9 Å². The normalized spacial score (nSPS) is 17.4. The number of methoxy groups -OCH3 is 1. The summed E-state index contributed by atoms with van der Waals surface area (Å²) in [4.78, 5) is 50.4. The molecule has 3 rings (SSSR count). The van der Waals surface area contributed by atoms with E-state index in [-0.39, 0.29) is 49.1 Å². The van der Waals surface area contributed by atoms with Gasteiger partial charge in [-0.15, -0.1) is 0 Å². The number of carbonyl (C=O) groups excluding carboxylic acids is 4. The third-order valence-corrected chi connectivity index (χ3v) is 5.29. The van der Waals surface area contributed by atoms with Gasteiger partial charge < -0.3 is 20.3 Å². The van der Waals surface area contributed by atoms with E-state index in [9.17, 15) is 19.2 Å². The molecule has 29 heavy (non-hydrogen) atoms. The number of ether oxygens (including phenoxy) is 1. The molecule has 0 spiro atoms. The smallest absolute Gasteiger partial charge is 0.321 e. The quantitative estimate of drug-likeness (QED) is 0.696. The molecule has 0 aromatic heterocycles. The molecular formula is C20H26N4O5. The number of para-hydroxylation sites is 2. The van der Waals surface area contributed by atoms with E-state index in [0.29, 0.717) is 31.1 Å². The Balaban J connectivity index is 1.40. The highest BCUT2D eigenvalue weighted by molar-refractivity contribution is 6.04. The first-order valence-electron chi connectivity index (χ1n) is 9.76. The summed E-state index contributed by atoms with van der Waals surface area (Å²) in [5.74, 6) is -0.0587. The highest BCUT2D eigenvalue weighted by Gasteiger charge is 2.30. The van der Waals surface area contributed by atoms with Gasteiger partial charge >= 0.3 is 6.03 Å². The van der Waals surface area contributed by atoms with E-state index in [4.69, 9.17) is 4.74 Å². The van der Waals surface area contributed by atoms with E-state index in [2.05, 4.69) is 10.6 Å². The van der Waals surface area contributed by atoms with Gasteiger partial charge in [-0.1, -0.05) is 12.1 Å². The number of carbonyl (C=O) groups is 4. The van der Waals surface area contributed by atoms with E-state index >= 15 is 0 Å². The minimum absolute atomic E-state index is 0.178. The lowest BCUT2D eigenvalue weighted by Gasteiger charge is -2.32. The predicted molar refractivity (Wildman–Crippen MR) is 105 cm³/mol. The van der Waals surface area contributed by atoms with Gasteiger partial charge in [0, 0.05) is 32.5 Å². The van der Waals surface area contributed by atoms with Gasteiger partial charge in [0.05, 0.1) is 12.8 Å². The van der Waals surface area contributed by atoms with Gasteiger partial charge in [-0.25, -0.2) is 4.79 Å². The molecule has 0 unspecified atom stereocenters. The highest BCUT2D eigenvalue weighted by Crippen LogP contribution is 2.24. The molecule has 0 aliphatic carbocycles. The van der Waals surface area contributed by atoms with E-state index < -0.39 is 0 Å². The summed E-state index contributed by atoms with van der Waals surface area (Å²) >= 11 is 0. The summed E-state index contributed by atoms with van der Waals surface area (Å²) in [5, 5.41) is 5.67. The van der Waals surface area contributed by atoms with Crippen molar-refractivity contribution in [3.8, 4) is 5.75 Å². The Morgan fingerprint density at radius 1 is 1.10 bits per heavy atom. The van der Waals surface area contributed by atoms with Crippen LogP contribution in [0.5, 0.6) is 5.75 Å². The van der Waals surface area contributed by atoms with Crippen molar-refractivity contribution in [3.05, 3.63) is 24.3 Å². The number of rotatable bonds is 6. The highest BCUT2D eigenvalue weighted by atomic mass is 16.5. The van der Waals surface area contributed by atoms with E-state index in [1.807, 2.05) is 12.1 Å². The zero-order valence-corrected chi connectivity index (χ0v) is 16.5. The summed E-state index contributed by atoms with van der Waals surface area (Å²) < 4.78 is 5.25. The number of anilines is 1. The van der Waals surface area contributed by atoms with Gasteiger partial charge in [-0.05, 0) is 30.9 Å². The first-order chi connectivity index (χ1) is 14.0. The van der Waals surface area contributed by atoms with Crippen LogP contribution in [-0.4, -0.2) is 66.8 Å². The lowest BCUT2D eigenvalue weighted by Crippen LogP contribution is -2.45. The molecule has 0 atom stereocenters. The Kier molecular flexibility index (Phi) is 6.69. The number of likely N-dealkylation sites (tertiary alicyclic amines) is 2. The van der Waals surface area contributed by atoms with Gasteiger partial charge in [-0.3, -0.25) is 19.3 Å². The van der Waals surface area contributed by atoms with Crippen LogP contribution in [-0.2, 0) is 14.4 Å². The zero-order valence-electron chi connectivity index (χ0n) is 16.5. The summed E-state index contributed by atoms with van der Waals surface area (Å²) in [6.07, 6.45) is 1.89. The predicted octanol–water partition coefficient (Wildman–Crippen LogP) is 1.20. The van der Waals surface area contributed by atoms with E-state index in [0.717, 1.165) is 17.7 Å². The summed E-state index contributed by atoms with van der Waals surface area (Å²) in [6.45, 7) is 1.43. The van der Waals surface area contributed by atoms with Crippen LogP contribution in [0.15, 0.2) is 24.3 Å². The van der Waals surface area contributed by atoms with Crippen LogP contribution in [0.3, 0.4) is 0 Å². The fourth-order valence-corrected chi connectivity index (χ4v) is 3.54. The fourth-order valence-electron chi connectivity index (χ4n) is 3.54. The number of benzene rings is 1. The topological polar surface area (TPSA) is 108 Å². The Labute approximate surface area is 169 Å². The van der Waals surface area contributed by atoms with Crippen LogP contribution in [0.25, 0.3) is 0 Å². The second kappa shape index (κ2) is 9.40. The van der Waals surface area contributed by atoms with Crippen molar-refractivity contribution in [1.82, 2.24) is 15.1 Å². The Hall–Kier alpha value is -3.10. The van der Waals surface area contributed by atoms with Crippen LogP contribution in [0.4, 0.5) is 10.5 Å². The third kappa shape index (κ3) is 5.24. The first-order valence-corrected chi connectivity index (χ1v) is 9.76. The van der Waals surface area contributed by atoms with Crippen LogP contribution < -0.4 is 15.4 Å². The molecule has 2 saturated heterocycles. The molecule has 1 aromatic rings. The van der Waals surface area contributed by atoms with Gasteiger partial charge in [0.2, 0.25) is 17.7 Å². The minimum atomic E-state index is -0.329. The average Bonchev–Trinajstić information content (AvgIpc) is 3.05. The second-order valence-corrected chi connectivity index (χ2v) is 7.24. The summed E-state index contributed by atoms with van der Waals surface area (Å²) in [6, 6.07) is 7.06. The molecule has 9 nitrogen and oxygen atoms in total. The van der Waals surface area contributed by atoms with Gasteiger partial charge in [0.1, 0.15) is 12.3 Å². The lowest BCUT2D eigenvalue weighted by atomic mass is 9.97. The summed E-state index contributed by atoms with van der Waals surface area (Å²) in [5.41, 5.74) is 0.625. The van der Waals surface area contributed by atoms with Gasteiger partial charge in [-0.2, -0.15) is 0 Å². The molecule has 0 radical (unpaired) electrons. The Bertz CT molecular complexity index is 773. The molecule has 5 amide bonds. The van der Waals surface area contributed by atoms with Crippen molar-refractivity contribution in [1.29, 1.82) is 0 Å². The monoisotopic (exact) mass is 402 g/mol. The molecule has 0 saturated carbocycles. The largest absolute Gasteiger partial charge is 0.495 e. The second-order valence-electron chi connectivity index (χ2n) is 7.24. The van der Waals surface area contributed by atoms with Crippen molar-refractivity contribution in [2.24, 2.45) is 5.92 Å². The molecule has 2 aliphatic rings. The van der Waals surface area contributed by atoms with Gasteiger partial charge in [0.15, 0.2) is 0 Å². The van der Waals surface area contributed by atoms with Gasteiger partial charge in [0.25, 0.3) is 0 Å². The molecule has 156 valence electrons. The molecule has 1 aromatic carbocycles. The fraction of sp³-hybridized carbons (Fsp3) is 0.500. The molecular weight excluding hydrogens is 376 g/mol. The van der Waals surface area contributed by atoms with Crippen LogP contribution in [0.2, 0.25) is 0 Å². The number of amides is 5. The zero-order chi connectivity index (χ0) is 20.8. The Morgan fingerprint density at radius 2 is 1.76 bits per heavy atom. The Morgan fingerprint density at radius 3 is 2.41 bits per heavy atom. The van der Waals surface area contributed by atoms with Crippen LogP contribution in [0, 0.1) is 5.92 Å². The molecule has 0 bridgehead atoms. The van der Waals surface area contributed by atoms with Crippen molar-refractivity contribution in [2.45, 2.75) is 25.7 Å². The standard InChI is InChI=1S/C20H26N4O5/c1-29-16-5-3-2-4-15(16)22-20(28)23-10-8-14(9-11-23)12-21-17(25)13-24-18(26)6-7-19(24)27/h2-5,14H,6-13H2,1H3,(H,21,25)(H,22,28). The number of urea groups is 1. The third-order valence-electron chi connectivity index (χ3n) is 5.29. The number of imide groups is 1. The minimum Gasteiger partial charge on any atom is -0.495 e. The van der Waals surface area contributed by atoms with Crippen molar-refractivity contribution in [2.75, 3.05) is 38.6 Å². The molecule has 2 N–H and O–H groups in total. The average molecular weight is 402 g/mol. The van der Waals surface area contributed by atoms with Crippen molar-refractivity contribution in [3.63, 3.8) is 0 Å². The van der Waals surface area contributed by atoms with Crippen molar-refractivity contribution >= 4 is 29.4 Å². The first kappa shape index (κ1) is 20.6. The van der Waals surface area contributed by atoms with E-state index in [1.165, 1.54) is 0 Å². The van der Waals surface area contributed by atoms with E-state index in [1.54, 1.807) is 24.1 Å². The maximum Gasteiger partial charge on any atom is 0.321 e. The number of piperidine rings is 1. The van der Waals surface area contributed by atoms with Crippen LogP contribution >= 0.6 is 0 Å². The maximum atomic E-state index is 12.5. The number of nitrogens with one attached hydrogen (secondary N) is 2. The molecule has 2 heterocycles. The maximum absolute atomic E-state index is 12.5. The summed E-state index contributed by atoms with van der Waals surface area (Å²) in [7, 11) is 1.56. The number of nitrogens with zero attached hydrogens (tertiary/aromatic N) is 2. The van der Waals surface area contributed by atoms with Crippen LogP contribution in [0.1, 0.15) is 25.7 Å². The molecule has 2 aliphatic heterocycles. The molecule has 2 fully saturated rings.